The van der Waals surface area contributed by atoms with Gasteiger partial charge in [-0.2, -0.15) is 10.1 Å². The van der Waals surface area contributed by atoms with E-state index in [9.17, 15) is 9.59 Å². The van der Waals surface area contributed by atoms with E-state index in [0.717, 1.165) is 67.1 Å². The van der Waals surface area contributed by atoms with E-state index in [1.807, 2.05) is 30.5 Å². The summed E-state index contributed by atoms with van der Waals surface area (Å²) in [5.41, 5.74) is 17.8. The van der Waals surface area contributed by atoms with E-state index in [0.29, 0.717) is 42.4 Å². The van der Waals surface area contributed by atoms with Gasteiger partial charge in [0.1, 0.15) is 5.82 Å². The molecule has 3 heterocycles. The van der Waals surface area contributed by atoms with Crippen LogP contribution in [-0.2, 0) is 16.0 Å². The fourth-order valence-electron chi connectivity index (χ4n) is 6.56. The number of halogens is 1. The van der Waals surface area contributed by atoms with E-state index in [2.05, 4.69) is 38.4 Å². The maximum absolute atomic E-state index is 14.0. The number of pyridine rings is 1. The molecule has 1 atom stereocenters. The van der Waals surface area contributed by atoms with Crippen molar-refractivity contribution in [2.24, 2.45) is 23.3 Å². The lowest BCUT2D eigenvalue weighted by molar-refractivity contribution is -0.130. The van der Waals surface area contributed by atoms with Crippen LogP contribution in [0.5, 0.6) is 0 Å². The monoisotopic (exact) mass is 655 g/mol. The third kappa shape index (κ3) is 7.54. The minimum atomic E-state index is -0.918. The van der Waals surface area contributed by atoms with Crippen LogP contribution in [0.15, 0.2) is 60.8 Å². The zero-order valence-corrected chi connectivity index (χ0v) is 27.4. The Balaban J connectivity index is 1.18. The molecule has 2 fully saturated rings. The van der Waals surface area contributed by atoms with E-state index in [1.165, 1.54) is 4.90 Å². The van der Waals surface area contributed by atoms with Crippen molar-refractivity contribution in [1.82, 2.24) is 25.5 Å². The molecule has 6 rings (SSSR count). The second kappa shape index (κ2) is 14.7. The molecule has 47 heavy (non-hydrogen) atoms. The number of nitrogens with two attached hydrogens (primary N) is 2. The third-order valence-electron chi connectivity index (χ3n) is 9.39. The van der Waals surface area contributed by atoms with Crippen LogP contribution in [0.4, 0.5) is 11.5 Å². The minimum Gasteiger partial charge on any atom is -0.354 e. The summed E-state index contributed by atoms with van der Waals surface area (Å²) in [6.07, 6.45) is 5.34. The Hall–Kier alpha value is -4.16. The van der Waals surface area contributed by atoms with Crippen LogP contribution >= 0.6 is 11.6 Å². The predicted molar refractivity (Wildman–Crippen MR) is 185 cm³/mol. The van der Waals surface area contributed by atoms with Gasteiger partial charge >= 0.3 is 0 Å². The number of benzene rings is 2. The van der Waals surface area contributed by atoms with Crippen LogP contribution in [0.1, 0.15) is 36.8 Å². The maximum atomic E-state index is 14.0. The van der Waals surface area contributed by atoms with Gasteiger partial charge in [0.25, 0.3) is 5.91 Å². The summed E-state index contributed by atoms with van der Waals surface area (Å²) in [6, 6.07) is 16.3. The molecular weight excluding hydrogens is 614 g/mol. The first kappa shape index (κ1) is 32.8. The number of aryl methyl sites for hydroxylation is 1. The van der Waals surface area contributed by atoms with Crippen molar-refractivity contribution in [1.29, 1.82) is 0 Å². The first-order chi connectivity index (χ1) is 22.8. The third-order valence-corrected chi connectivity index (χ3v) is 9.56. The number of rotatable bonds is 9. The van der Waals surface area contributed by atoms with E-state index in [-0.39, 0.29) is 23.5 Å². The van der Waals surface area contributed by atoms with Crippen molar-refractivity contribution in [2.45, 2.75) is 45.1 Å². The molecule has 0 radical (unpaired) electrons. The minimum absolute atomic E-state index is 0.179. The number of nitrogens with one attached hydrogen (secondary N) is 2. The maximum Gasteiger partial charge on any atom is 0.251 e. The summed E-state index contributed by atoms with van der Waals surface area (Å²) in [7, 11) is 0. The Kier molecular flexibility index (Phi) is 10.3. The second-order valence-corrected chi connectivity index (χ2v) is 12.9. The average Bonchev–Trinajstić information content (AvgIpc) is 3.55. The van der Waals surface area contributed by atoms with Gasteiger partial charge in [-0.25, -0.2) is 15.0 Å². The summed E-state index contributed by atoms with van der Waals surface area (Å²) in [5.74, 6) is 0.902. The molecule has 1 saturated carbocycles. The van der Waals surface area contributed by atoms with Crippen molar-refractivity contribution in [3.8, 4) is 22.5 Å². The molecule has 246 valence electrons. The number of aromatic nitrogens is 4. The number of hydrogen-bond donors (Lipinski definition) is 4. The molecule has 1 saturated heterocycles. The van der Waals surface area contributed by atoms with Crippen LogP contribution in [0.2, 0.25) is 5.28 Å². The van der Waals surface area contributed by atoms with Crippen LogP contribution < -0.4 is 26.6 Å². The number of H-pyrrole nitrogens is 1. The number of imide groups is 1. The lowest BCUT2D eigenvalue weighted by atomic mass is 9.81. The molecule has 6 N–H and O–H groups in total. The van der Waals surface area contributed by atoms with Crippen molar-refractivity contribution in [3.05, 3.63) is 77.2 Å². The smallest absolute Gasteiger partial charge is 0.251 e. The zero-order chi connectivity index (χ0) is 32.9. The number of nitrogens with zero attached hydrogens (tertiary/aromatic N) is 5. The van der Waals surface area contributed by atoms with Crippen LogP contribution in [0, 0.1) is 18.8 Å². The molecular formula is C35H42ClN9O2. The molecule has 0 bridgehead atoms. The van der Waals surface area contributed by atoms with Gasteiger partial charge in [-0.05, 0) is 110 Å². The molecule has 0 unspecified atom stereocenters. The molecule has 12 heteroatoms. The van der Waals surface area contributed by atoms with Crippen LogP contribution in [-0.4, -0.2) is 70.7 Å². The van der Waals surface area contributed by atoms with E-state index >= 15 is 0 Å². The fourth-order valence-corrected chi connectivity index (χ4v) is 6.68. The summed E-state index contributed by atoms with van der Waals surface area (Å²) in [6.45, 7) is 6.52. The van der Waals surface area contributed by atoms with Crippen LogP contribution in [0.25, 0.3) is 22.5 Å². The highest BCUT2D eigenvalue weighted by Gasteiger charge is 2.35. The Morgan fingerprint density at radius 2 is 1.70 bits per heavy atom. The van der Waals surface area contributed by atoms with Gasteiger partial charge in [0.15, 0.2) is 5.82 Å². The Morgan fingerprint density at radius 3 is 2.32 bits per heavy atom. The lowest BCUT2D eigenvalue weighted by Crippen LogP contribution is -2.50. The molecule has 4 aromatic rings. The summed E-state index contributed by atoms with van der Waals surface area (Å²) in [4.78, 5) is 40.4. The Labute approximate surface area is 280 Å². The number of aromatic amines is 1. The number of anilines is 2. The molecule has 0 spiro atoms. The van der Waals surface area contributed by atoms with Gasteiger partial charge < -0.3 is 21.7 Å². The summed E-state index contributed by atoms with van der Waals surface area (Å²) in [5, 5.41) is 10.3. The van der Waals surface area contributed by atoms with Gasteiger partial charge in [0.05, 0.1) is 11.7 Å². The zero-order valence-electron chi connectivity index (χ0n) is 26.7. The standard InChI is InChI=1S/C35H42ClN9O2/c1-22-18-31(44-16-14-39-15-17-44)40-21-29(22)25-6-2-23(3-7-25)19-30(38)34(47)45(33(46)27-8-4-24(20-37)5-9-27)28-12-10-26(11-13-28)32-41-35(36)43-42-32/h2-3,6-7,10-13,18,21,24,27,30,39H,4-5,8-9,14-17,19-20,37-38H2,1H3,(H,41,42,43)/t24?,27?,30-/m0/s1. The Bertz CT molecular complexity index is 1680. The second-order valence-electron chi connectivity index (χ2n) is 12.6. The highest BCUT2D eigenvalue weighted by molar-refractivity contribution is 6.28. The highest BCUT2D eigenvalue weighted by atomic mass is 35.5. The number of carbonyl (C=O) groups excluding carboxylic acids is 2. The molecule has 1 aliphatic heterocycles. The van der Waals surface area contributed by atoms with Gasteiger partial charge in [-0.15, -0.1) is 0 Å². The molecule has 11 nitrogen and oxygen atoms in total. The quantitative estimate of drug-likeness (QED) is 0.208. The van der Waals surface area contributed by atoms with Gasteiger partial charge in [0.2, 0.25) is 11.2 Å². The number of piperazine rings is 1. The number of carbonyl (C=O) groups is 2. The topological polar surface area (TPSA) is 159 Å². The normalized spacial score (nSPS) is 18.9. The van der Waals surface area contributed by atoms with Crippen molar-refractivity contribution in [2.75, 3.05) is 42.5 Å². The summed E-state index contributed by atoms with van der Waals surface area (Å²) < 4.78 is 0. The predicted octanol–water partition coefficient (Wildman–Crippen LogP) is 4.10. The van der Waals surface area contributed by atoms with E-state index in [4.69, 9.17) is 28.1 Å². The lowest BCUT2D eigenvalue weighted by Gasteiger charge is -2.32. The number of amides is 2. The molecule has 2 aromatic heterocycles. The fraction of sp³-hybridized carbons (Fsp3) is 0.400. The Morgan fingerprint density at radius 1 is 1.02 bits per heavy atom. The average molecular weight is 656 g/mol. The van der Waals surface area contributed by atoms with Gasteiger partial charge in [-0.3, -0.25) is 9.59 Å². The first-order valence-corrected chi connectivity index (χ1v) is 16.7. The SMILES string of the molecule is Cc1cc(N2CCNCC2)ncc1-c1ccc(C[C@H](N)C(=O)N(C(=O)C2CCC(CN)CC2)c2ccc(-c3n[nH]c(Cl)n3)cc2)cc1. The van der Waals surface area contributed by atoms with Crippen LogP contribution in [0.3, 0.4) is 0 Å². The van der Waals surface area contributed by atoms with Gasteiger partial charge in [0, 0.05) is 49.4 Å². The van der Waals surface area contributed by atoms with E-state index in [1.54, 1.807) is 24.3 Å². The van der Waals surface area contributed by atoms with Crippen molar-refractivity contribution < 1.29 is 9.59 Å². The molecule has 2 amide bonds. The van der Waals surface area contributed by atoms with E-state index < -0.39 is 11.9 Å². The molecule has 2 aliphatic rings. The summed E-state index contributed by atoms with van der Waals surface area (Å²) >= 11 is 5.91. The highest BCUT2D eigenvalue weighted by Crippen LogP contribution is 2.32. The first-order valence-electron chi connectivity index (χ1n) is 16.3. The van der Waals surface area contributed by atoms with Gasteiger partial charge in [-0.1, -0.05) is 24.3 Å². The van der Waals surface area contributed by atoms with Crippen molar-refractivity contribution >= 4 is 34.9 Å². The number of hydrogen-bond acceptors (Lipinski definition) is 9. The largest absolute Gasteiger partial charge is 0.354 e. The van der Waals surface area contributed by atoms with Crippen molar-refractivity contribution in [3.63, 3.8) is 0 Å². The molecule has 1 aliphatic carbocycles. The molecule has 2 aromatic carbocycles.